The molecular formula is C10H18O3. The van der Waals surface area contributed by atoms with Gasteiger partial charge in [0, 0.05) is 0 Å². The quantitative estimate of drug-likeness (QED) is 0.687. The van der Waals surface area contributed by atoms with Gasteiger partial charge < -0.3 is 10.2 Å². The molecule has 0 aromatic heterocycles. The summed E-state index contributed by atoms with van der Waals surface area (Å²) in [6.45, 7) is 3.79. The minimum absolute atomic E-state index is 0.0475. The number of hydrogen-bond acceptors (Lipinski definition) is 2. The molecule has 1 aliphatic rings. The van der Waals surface area contributed by atoms with E-state index in [1.54, 1.807) is 6.92 Å². The van der Waals surface area contributed by atoms with Crippen LogP contribution in [0.3, 0.4) is 0 Å². The fraction of sp³-hybridized carbons (Fsp3) is 0.900. The van der Waals surface area contributed by atoms with E-state index in [1.807, 2.05) is 0 Å². The number of aliphatic hydroxyl groups excluding tert-OH is 1. The number of carboxylic acids is 1. The predicted molar refractivity (Wildman–Crippen MR) is 49.3 cm³/mol. The number of aliphatic carboxylic acids is 1. The molecule has 0 radical (unpaired) electrons. The maximum atomic E-state index is 10.7. The van der Waals surface area contributed by atoms with E-state index in [0.29, 0.717) is 5.92 Å². The molecule has 0 aromatic carbocycles. The van der Waals surface area contributed by atoms with Gasteiger partial charge in [-0.05, 0) is 24.7 Å². The van der Waals surface area contributed by atoms with E-state index in [9.17, 15) is 9.90 Å². The number of carbonyl (C=O) groups is 1. The molecule has 1 fully saturated rings. The number of aliphatic hydroxyl groups is 1. The summed E-state index contributed by atoms with van der Waals surface area (Å²) in [5.41, 5.74) is 0. The van der Waals surface area contributed by atoms with Crippen molar-refractivity contribution in [3.63, 3.8) is 0 Å². The summed E-state index contributed by atoms with van der Waals surface area (Å²) >= 11 is 0. The average molecular weight is 186 g/mol. The third-order valence-corrected chi connectivity index (χ3v) is 3.16. The first-order chi connectivity index (χ1) is 6.02. The first-order valence-corrected chi connectivity index (χ1v) is 4.93. The van der Waals surface area contributed by atoms with Crippen LogP contribution in [0.4, 0.5) is 0 Å². The molecule has 4 atom stereocenters. The zero-order chi connectivity index (χ0) is 10.0. The minimum atomic E-state index is -0.793. The van der Waals surface area contributed by atoms with E-state index in [4.69, 9.17) is 5.11 Å². The summed E-state index contributed by atoms with van der Waals surface area (Å²) in [4.78, 5) is 10.7. The molecule has 76 valence electrons. The molecule has 0 heterocycles. The highest BCUT2D eigenvalue weighted by atomic mass is 16.4. The molecule has 1 rings (SSSR count). The van der Waals surface area contributed by atoms with Crippen LogP contribution in [-0.2, 0) is 4.79 Å². The molecule has 0 aliphatic heterocycles. The second-order valence-electron chi connectivity index (χ2n) is 4.28. The van der Waals surface area contributed by atoms with Gasteiger partial charge in [0.15, 0.2) is 0 Å². The van der Waals surface area contributed by atoms with Crippen molar-refractivity contribution in [2.24, 2.45) is 17.8 Å². The Bertz CT molecular complexity index is 191. The normalized spacial score (nSPS) is 37.0. The molecule has 3 nitrogen and oxygen atoms in total. The van der Waals surface area contributed by atoms with Gasteiger partial charge in [0.1, 0.15) is 0 Å². The smallest absolute Gasteiger partial charge is 0.306 e. The van der Waals surface area contributed by atoms with E-state index in [-0.39, 0.29) is 5.92 Å². The van der Waals surface area contributed by atoms with Crippen LogP contribution in [0.5, 0.6) is 0 Å². The van der Waals surface area contributed by atoms with Crippen molar-refractivity contribution in [1.82, 2.24) is 0 Å². The summed E-state index contributed by atoms with van der Waals surface area (Å²) in [5, 5.41) is 18.5. The lowest BCUT2D eigenvalue weighted by Gasteiger charge is -2.33. The predicted octanol–water partition coefficient (Wildman–Crippen LogP) is 1.50. The van der Waals surface area contributed by atoms with Gasteiger partial charge in [0.05, 0.1) is 12.0 Å². The molecule has 0 spiro atoms. The number of carboxylic acid groups (broad SMARTS) is 1. The van der Waals surface area contributed by atoms with Crippen LogP contribution in [0, 0.1) is 17.8 Å². The highest BCUT2D eigenvalue weighted by molar-refractivity contribution is 5.69. The van der Waals surface area contributed by atoms with Crippen molar-refractivity contribution in [3.05, 3.63) is 0 Å². The van der Waals surface area contributed by atoms with E-state index in [2.05, 4.69) is 6.92 Å². The zero-order valence-corrected chi connectivity index (χ0v) is 8.23. The monoisotopic (exact) mass is 186 g/mol. The first kappa shape index (κ1) is 10.5. The lowest BCUT2D eigenvalue weighted by atomic mass is 9.75. The van der Waals surface area contributed by atoms with Gasteiger partial charge in [0.25, 0.3) is 0 Å². The van der Waals surface area contributed by atoms with Crippen molar-refractivity contribution in [2.45, 2.75) is 39.2 Å². The molecule has 3 heteroatoms. The van der Waals surface area contributed by atoms with Crippen LogP contribution < -0.4 is 0 Å². The van der Waals surface area contributed by atoms with Crippen molar-refractivity contribution in [2.75, 3.05) is 0 Å². The van der Waals surface area contributed by atoms with Crippen molar-refractivity contribution in [1.29, 1.82) is 0 Å². The maximum Gasteiger partial charge on any atom is 0.306 e. The Labute approximate surface area is 78.8 Å². The summed E-state index contributed by atoms with van der Waals surface area (Å²) in [6.07, 6.45) is 2.21. The van der Waals surface area contributed by atoms with E-state index >= 15 is 0 Å². The van der Waals surface area contributed by atoms with Gasteiger partial charge in [0.2, 0.25) is 0 Å². The maximum absolute atomic E-state index is 10.7. The molecular weight excluding hydrogens is 168 g/mol. The van der Waals surface area contributed by atoms with E-state index in [1.165, 1.54) is 0 Å². The first-order valence-electron chi connectivity index (χ1n) is 4.93. The fourth-order valence-electron chi connectivity index (χ4n) is 2.14. The number of rotatable bonds is 2. The Morgan fingerprint density at radius 1 is 1.46 bits per heavy atom. The molecule has 2 N–H and O–H groups in total. The minimum Gasteiger partial charge on any atom is -0.481 e. The zero-order valence-electron chi connectivity index (χ0n) is 8.23. The lowest BCUT2D eigenvalue weighted by Crippen LogP contribution is -2.35. The second-order valence-corrected chi connectivity index (χ2v) is 4.28. The third kappa shape index (κ3) is 2.44. The van der Waals surface area contributed by atoms with Crippen LogP contribution in [0.2, 0.25) is 0 Å². The fourth-order valence-corrected chi connectivity index (χ4v) is 2.14. The Morgan fingerprint density at radius 2 is 2.08 bits per heavy atom. The topological polar surface area (TPSA) is 57.5 Å². The largest absolute Gasteiger partial charge is 0.481 e. The van der Waals surface area contributed by atoms with Gasteiger partial charge in [-0.3, -0.25) is 4.79 Å². The van der Waals surface area contributed by atoms with Gasteiger partial charge in [-0.25, -0.2) is 0 Å². The number of hydrogen-bond donors (Lipinski definition) is 2. The highest BCUT2D eigenvalue weighted by Crippen LogP contribution is 2.33. The molecule has 1 saturated carbocycles. The Kier molecular flexibility index (Phi) is 3.31. The Hall–Kier alpha value is -0.570. The van der Waals surface area contributed by atoms with Crippen molar-refractivity contribution >= 4 is 5.97 Å². The van der Waals surface area contributed by atoms with Gasteiger partial charge in [-0.1, -0.05) is 20.3 Å². The summed E-state index contributed by atoms with van der Waals surface area (Å²) < 4.78 is 0. The van der Waals surface area contributed by atoms with Crippen LogP contribution in [0.25, 0.3) is 0 Å². The van der Waals surface area contributed by atoms with Crippen molar-refractivity contribution < 1.29 is 15.0 Å². The molecule has 1 aliphatic carbocycles. The Morgan fingerprint density at radius 3 is 2.54 bits per heavy atom. The third-order valence-electron chi connectivity index (χ3n) is 3.16. The molecule has 0 amide bonds. The molecule has 0 saturated heterocycles. The highest BCUT2D eigenvalue weighted by Gasteiger charge is 2.33. The molecule has 1 unspecified atom stereocenters. The lowest BCUT2D eigenvalue weighted by molar-refractivity contribution is -0.145. The van der Waals surface area contributed by atoms with Crippen LogP contribution in [0.1, 0.15) is 33.1 Å². The summed E-state index contributed by atoms with van der Waals surface area (Å²) in [5.74, 6) is -0.720. The van der Waals surface area contributed by atoms with Gasteiger partial charge in [-0.2, -0.15) is 0 Å². The Balaban J connectivity index is 2.55. The second kappa shape index (κ2) is 4.09. The average Bonchev–Trinajstić information content (AvgIpc) is 2.03. The van der Waals surface area contributed by atoms with E-state index in [0.717, 1.165) is 19.3 Å². The molecule has 0 aromatic rings. The van der Waals surface area contributed by atoms with Crippen LogP contribution >= 0.6 is 0 Å². The van der Waals surface area contributed by atoms with Crippen LogP contribution in [0.15, 0.2) is 0 Å². The van der Waals surface area contributed by atoms with E-state index < -0.39 is 18.0 Å². The standard InChI is InChI=1S/C10H18O3/c1-6-3-4-8(9(11)5-6)7(2)10(12)13/h6-9,11H,3-5H2,1-2H3,(H,12,13)/t6-,7?,8+,9-/m1/s1. The summed E-state index contributed by atoms with van der Waals surface area (Å²) in [7, 11) is 0. The van der Waals surface area contributed by atoms with Gasteiger partial charge >= 0.3 is 5.97 Å². The van der Waals surface area contributed by atoms with Crippen LogP contribution in [-0.4, -0.2) is 22.3 Å². The molecule has 13 heavy (non-hydrogen) atoms. The summed E-state index contributed by atoms with van der Waals surface area (Å²) in [6, 6.07) is 0. The van der Waals surface area contributed by atoms with Crippen molar-refractivity contribution in [3.8, 4) is 0 Å². The van der Waals surface area contributed by atoms with Gasteiger partial charge in [-0.15, -0.1) is 0 Å². The SMILES string of the molecule is CC(C(=O)O)[C@@H]1CC[C@@H](C)C[C@H]1O. The molecule has 0 bridgehead atoms.